The lowest BCUT2D eigenvalue weighted by atomic mass is 10.1. The Morgan fingerprint density at radius 3 is 2.29 bits per heavy atom. The molecule has 124 valence electrons. The first kappa shape index (κ1) is 16.7. The number of benzene rings is 2. The van der Waals surface area contributed by atoms with Crippen LogP contribution in [0.4, 0.5) is 5.69 Å². The van der Waals surface area contributed by atoms with E-state index >= 15 is 0 Å². The normalized spacial score (nSPS) is 14.4. The van der Waals surface area contributed by atoms with E-state index in [1.54, 1.807) is 30.3 Å². The van der Waals surface area contributed by atoms with E-state index in [2.05, 4.69) is 26.6 Å². The van der Waals surface area contributed by atoms with E-state index in [4.69, 9.17) is 0 Å². The van der Waals surface area contributed by atoms with Crippen LogP contribution in [0.25, 0.3) is 0 Å². The summed E-state index contributed by atoms with van der Waals surface area (Å²) in [7, 11) is 0. The van der Waals surface area contributed by atoms with Gasteiger partial charge < -0.3 is 10.6 Å². The Balaban J connectivity index is 1.74. The minimum absolute atomic E-state index is 0.131. The molecule has 2 amide bonds. The highest BCUT2D eigenvalue weighted by Gasteiger charge is 2.20. The quantitative estimate of drug-likeness (QED) is 0.819. The molecule has 2 aromatic rings. The third-order valence-electron chi connectivity index (χ3n) is 4.22. The van der Waals surface area contributed by atoms with Crippen molar-refractivity contribution in [2.45, 2.75) is 31.7 Å². The second kappa shape index (κ2) is 7.62. The highest BCUT2D eigenvalue weighted by Crippen LogP contribution is 2.21. The molecule has 0 aromatic heterocycles. The molecule has 0 spiro atoms. The molecule has 0 heterocycles. The number of para-hydroxylation sites is 1. The lowest BCUT2D eigenvalue weighted by Gasteiger charge is -2.15. The van der Waals surface area contributed by atoms with Crippen molar-refractivity contribution >= 4 is 33.4 Å². The van der Waals surface area contributed by atoms with Crippen LogP contribution in [0.2, 0.25) is 0 Å². The fourth-order valence-electron chi connectivity index (χ4n) is 2.92. The predicted octanol–water partition coefficient (Wildman–Crippen LogP) is 4.37. The minimum Gasteiger partial charge on any atom is -0.349 e. The summed E-state index contributed by atoms with van der Waals surface area (Å²) in [6.07, 6.45) is 4.37. The zero-order valence-electron chi connectivity index (χ0n) is 13.2. The van der Waals surface area contributed by atoms with Crippen molar-refractivity contribution in [2.24, 2.45) is 0 Å². The van der Waals surface area contributed by atoms with Gasteiger partial charge in [-0.25, -0.2) is 0 Å². The van der Waals surface area contributed by atoms with Gasteiger partial charge in [0.15, 0.2) is 0 Å². The number of carbonyl (C=O) groups excluding carboxylic acids is 2. The van der Waals surface area contributed by atoms with Crippen LogP contribution in [0.5, 0.6) is 0 Å². The smallest absolute Gasteiger partial charge is 0.255 e. The van der Waals surface area contributed by atoms with Crippen molar-refractivity contribution in [3.05, 3.63) is 64.1 Å². The number of amides is 2. The topological polar surface area (TPSA) is 58.2 Å². The molecule has 0 saturated heterocycles. The van der Waals surface area contributed by atoms with E-state index in [1.807, 2.05) is 18.2 Å². The van der Waals surface area contributed by atoms with Gasteiger partial charge in [0.25, 0.3) is 11.8 Å². The Morgan fingerprint density at radius 2 is 1.58 bits per heavy atom. The summed E-state index contributed by atoms with van der Waals surface area (Å²) in [6.45, 7) is 0. The maximum absolute atomic E-state index is 12.5. The maximum atomic E-state index is 12.5. The molecule has 5 heteroatoms. The van der Waals surface area contributed by atoms with Gasteiger partial charge in [0.1, 0.15) is 0 Å². The summed E-state index contributed by atoms with van der Waals surface area (Å²) in [5.41, 5.74) is 1.57. The van der Waals surface area contributed by atoms with E-state index in [-0.39, 0.29) is 17.9 Å². The van der Waals surface area contributed by atoms with Gasteiger partial charge in [-0.05, 0) is 49.2 Å². The Bertz CT molecular complexity index is 737. The van der Waals surface area contributed by atoms with Crippen molar-refractivity contribution in [2.75, 3.05) is 5.32 Å². The first-order valence-corrected chi connectivity index (χ1v) is 8.89. The molecule has 2 aromatic carbocycles. The van der Waals surface area contributed by atoms with Crippen molar-refractivity contribution in [3.8, 4) is 0 Å². The summed E-state index contributed by atoms with van der Waals surface area (Å²) in [5, 5.41) is 5.90. The summed E-state index contributed by atoms with van der Waals surface area (Å²) in [5.74, 6) is -0.364. The molecular weight excluding hydrogens is 368 g/mol. The van der Waals surface area contributed by atoms with E-state index in [9.17, 15) is 9.59 Å². The number of hydrogen-bond donors (Lipinski definition) is 2. The third-order valence-corrected chi connectivity index (χ3v) is 4.75. The lowest BCUT2D eigenvalue weighted by Crippen LogP contribution is -2.33. The van der Waals surface area contributed by atoms with Crippen molar-refractivity contribution < 1.29 is 9.59 Å². The standard InChI is InChI=1S/C19H19BrN2O2/c20-14-11-9-13(10-12-14)18(23)22-17-8-4-3-7-16(17)19(24)21-15-5-1-2-6-15/h3-4,7-12,15H,1-2,5-6H2,(H,21,24)(H,22,23). The Hall–Kier alpha value is -2.14. The summed E-state index contributed by atoms with van der Waals surface area (Å²) in [6, 6.07) is 14.4. The van der Waals surface area contributed by atoms with Gasteiger partial charge in [-0.1, -0.05) is 40.9 Å². The van der Waals surface area contributed by atoms with Gasteiger partial charge in [0.05, 0.1) is 11.3 Å². The Labute approximate surface area is 149 Å². The molecule has 24 heavy (non-hydrogen) atoms. The average molecular weight is 387 g/mol. The van der Waals surface area contributed by atoms with Gasteiger partial charge in [-0.3, -0.25) is 9.59 Å². The molecular formula is C19H19BrN2O2. The monoisotopic (exact) mass is 386 g/mol. The second-order valence-corrected chi connectivity index (χ2v) is 6.88. The zero-order chi connectivity index (χ0) is 16.9. The summed E-state index contributed by atoms with van der Waals surface area (Å²) >= 11 is 3.35. The second-order valence-electron chi connectivity index (χ2n) is 5.96. The molecule has 0 unspecified atom stereocenters. The predicted molar refractivity (Wildman–Crippen MR) is 98.3 cm³/mol. The highest BCUT2D eigenvalue weighted by atomic mass is 79.9. The number of halogens is 1. The van der Waals surface area contributed by atoms with Crippen LogP contribution >= 0.6 is 15.9 Å². The number of nitrogens with one attached hydrogen (secondary N) is 2. The zero-order valence-corrected chi connectivity index (χ0v) is 14.8. The first-order valence-electron chi connectivity index (χ1n) is 8.10. The molecule has 1 fully saturated rings. The fraction of sp³-hybridized carbons (Fsp3) is 0.263. The van der Waals surface area contributed by atoms with E-state index in [0.717, 1.165) is 30.2 Å². The van der Waals surface area contributed by atoms with Crippen LogP contribution in [-0.2, 0) is 0 Å². The van der Waals surface area contributed by atoms with Crippen molar-refractivity contribution in [1.82, 2.24) is 5.32 Å². The van der Waals surface area contributed by atoms with Gasteiger partial charge >= 0.3 is 0 Å². The molecule has 1 aliphatic rings. The molecule has 1 aliphatic carbocycles. The van der Waals surface area contributed by atoms with Crippen molar-refractivity contribution in [3.63, 3.8) is 0 Å². The summed E-state index contributed by atoms with van der Waals surface area (Å²) < 4.78 is 0.912. The van der Waals surface area contributed by atoms with Gasteiger partial charge in [0.2, 0.25) is 0 Å². The molecule has 2 N–H and O–H groups in total. The molecule has 4 nitrogen and oxygen atoms in total. The van der Waals surface area contributed by atoms with Gasteiger partial charge in [-0.2, -0.15) is 0 Å². The van der Waals surface area contributed by atoms with Crippen LogP contribution in [0.15, 0.2) is 53.0 Å². The molecule has 0 aliphatic heterocycles. The molecule has 1 saturated carbocycles. The van der Waals surface area contributed by atoms with Gasteiger partial charge in [0, 0.05) is 16.1 Å². The number of rotatable bonds is 4. The number of anilines is 1. The van der Waals surface area contributed by atoms with E-state index in [1.165, 1.54) is 0 Å². The van der Waals surface area contributed by atoms with Gasteiger partial charge in [-0.15, -0.1) is 0 Å². The first-order chi connectivity index (χ1) is 11.6. The van der Waals surface area contributed by atoms with E-state index in [0.29, 0.717) is 16.8 Å². The number of hydrogen-bond acceptors (Lipinski definition) is 2. The van der Waals surface area contributed by atoms with Crippen LogP contribution in [0.3, 0.4) is 0 Å². The average Bonchev–Trinajstić information content (AvgIpc) is 3.09. The number of carbonyl (C=O) groups is 2. The molecule has 0 radical (unpaired) electrons. The largest absolute Gasteiger partial charge is 0.349 e. The van der Waals surface area contributed by atoms with Crippen LogP contribution in [-0.4, -0.2) is 17.9 Å². The summed E-state index contributed by atoms with van der Waals surface area (Å²) in [4.78, 5) is 24.9. The lowest BCUT2D eigenvalue weighted by molar-refractivity contribution is 0.0939. The van der Waals surface area contributed by atoms with Crippen LogP contribution in [0.1, 0.15) is 46.4 Å². The highest BCUT2D eigenvalue weighted by molar-refractivity contribution is 9.10. The molecule has 0 bridgehead atoms. The van der Waals surface area contributed by atoms with Crippen molar-refractivity contribution in [1.29, 1.82) is 0 Å². The van der Waals surface area contributed by atoms with Crippen LogP contribution < -0.4 is 10.6 Å². The maximum Gasteiger partial charge on any atom is 0.255 e. The van der Waals surface area contributed by atoms with Crippen LogP contribution in [0, 0.1) is 0 Å². The van der Waals surface area contributed by atoms with E-state index < -0.39 is 0 Å². The minimum atomic E-state index is -0.233. The Kier molecular flexibility index (Phi) is 5.30. The SMILES string of the molecule is O=C(Nc1ccccc1C(=O)NC1CCCC1)c1ccc(Br)cc1. The molecule has 0 atom stereocenters. The molecule has 3 rings (SSSR count). The fourth-order valence-corrected chi connectivity index (χ4v) is 3.18. The third kappa shape index (κ3) is 4.03. The Morgan fingerprint density at radius 1 is 0.917 bits per heavy atom.